The molecule has 6 heteroatoms. The zero-order valence-corrected chi connectivity index (χ0v) is 15.4. The van der Waals surface area contributed by atoms with Crippen LogP contribution in [-0.4, -0.2) is 16.7 Å². The summed E-state index contributed by atoms with van der Waals surface area (Å²) in [5, 5.41) is 8.89. The predicted molar refractivity (Wildman–Crippen MR) is 106 cm³/mol. The van der Waals surface area contributed by atoms with Crippen LogP contribution in [0.25, 0.3) is 20.7 Å². The summed E-state index contributed by atoms with van der Waals surface area (Å²) in [6, 6.07) is 19.0. The van der Waals surface area contributed by atoms with Crippen molar-refractivity contribution in [2.75, 3.05) is 7.11 Å². The van der Waals surface area contributed by atoms with E-state index in [-0.39, 0.29) is 5.56 Å². The van der Waals surface area contributed by atoms with Crippen LogP contribution in [0.1, 0.15) is 11.1 Å². The van der Waals surface area contributed by atoms with Gasteiger partial charge in [0, 0.05) is 4.88 Å². The molecule has 0 saturated heterocycles. The molecule has 0 radical (unpaired) electrons. The van der Waals surface area contributed by atoms with E-state index >= 15 is 0 Å². The number of fused-ring (bicyclic) bond motifs is 1. The van der Waals surface area contributed by atoms with Gasteiger partial charge in [-0.05, 0) is 53.6 Å². The van der Waals surface area contributed by atoms with Crippen LogP contribution in [0.5, 0.6) is 5.75 Å². The van der Waals surface area contributed by atoms with Crippen molar-refractivity contribution >= 4 is 21.6 Å². The second-order valence-electron chi connectivity index (χ2n) is 6.04. The van der Waals surface area contributed by atoms with Gasteiger partial charge in [-0.1, -0.05) is 12.1 Å². The minimum atomic E-state index is -0.0610. The number of nitriles is 1. The van der Waals surface area contributed by atoms with Gasteiger partial charge >= 0.3 is 0 Å². The van der Waals surface area contributed by atoms with Crippen LogP contribution in [0.2, 0.25) is 0 Å². The van der Waals surface area contributed by atoms with Gasteiger partial charge in [0.05, 0.1) is 37.1 Å². The van der Waals surface area contributed by atoms with Gasteiger partial charge in [-0.15, -0.1) is 11.3 Å². The molecule has 132 valence electrons. The lowest BCUT2D eigenvalue weighted by Crippen LogP contribution is -2.20. The van der Waals surface area contributed by atoms with Crippen molar-refractivity contribution in [3.05, 3.63) is 82.4 Å². The number of benzene rings is 2. The number of thiophene rings is 1. The summed E-state index contributed by atoms with van der Waals surface area (Å²) in [7, 11) is 1.63. The maximum atomic E-state index is 12.9. The molecule has 4 rings (SSSR count). The van der Waals surface area contributed by atoms with E-state index in [1.54, 1.807) is 30.1 Å². The molecular formula is C21H15N3O2S. The smallest absolute Gasteiger partial charge is 0.271 e. The molecule has 5 nitrogen and oxygen atoms in total. The van der Waals surface area contributed by atoms with E-state index in [0.717, 1.165) is 21.8 Å². The zero-order valence-electron chi connectivity index (χ0n) is 14.5. The summed E-state index contributed by atoms with van der Waals surface area (Å²) in [4.78, 5) is 18.3. The Balaban J connectivity index is 1.69. The third kappa shape index (κ3) is 3.33. The van der Waals surface area contributed by atoms with E-state index in [9.17, 15) is 4.79 Å². The number of nitrogens with zero attached hydrogens (tertiary/aromatic N) is 3. The van der Waals surface area contributed by atoms with Crippen LogP contribution in [-0.2, 0) is 6.54 Å². The van der Waals surface area contributed by atoms with Crippen LogP contribution in [0.4, 0.5) is 0 Å². The van der Waals surface area contributed by atoms with Crippen molar-refractivity contribution in [3.8, 4) is 22.3 Å². The number of rotatable bonds is 4. The fraction of sp³-hybridized carbons (Fsp3) is 0.0952. The largest absolute Gasteiger partial charge is 0.497 e. The molecule has 0 amide bonds. The van der Waals surface area contributed by atoms with E-state index in [1.165, 1.54) is 11.3 Å². The Morgan fingerprint density at radius 2 is 1.89 bits per heavy atom. The lowest BCUT2D eigenvalue weighted by molar-refractivity contribution is 0.415. The molecule has 0 bridgehead atoms. The lowest BCUT2D eigenvalue weighted by atomic mass is 10.1. The summed E-state index contributed by atoms with van der Waals surface area (Å²) in [5.74, 6) is 0.794. The molecule has 0 aliphatic heterocycles. The predicted octanol–water partition coefficient (Wildman–Crippen LogP) is 4.05. The number of methoxy groups -OCH3 is 1. The normalized spacial score (nSPS) is 10.7. The monoisotopic (exact) mass is 373 g/mol. The third-order valence-corrected chi connectivity index (χ3v) is 5.48. The molecular weight excluding hydrogens is 358 g/mol. The maximum Gasteiger partial charge on any atom is 0.271 e. The van der Waals surface area contributed by atoms with Crippen LogP contribution in [0, 0.1) is 11.3 Å². The first-order chi connectivity index (χ1) is 13.2. The minimum Gasteiger partial charge on any atom is -0.497 e. The van der Waals surface area contributed by atoms with Crippen molar-refractivity contribution in [2.24, 2.45) is 0 Å². The molecule has 0 N–H and O–H groups in total. The Bertz CT molecular complexity index is 1200. The highest BCUT2D eigenvalue weighted by Gasteiger charge is 2.11. The molecule has 2 aromatic heterocycles. The topological polar surface area (TPSA) is 67.9 Å². The quantitative estimate of drug-likeness (QED) is 0.541. The average Bonchev–Trinajstić information content (AvgIpc) is 3.16. The molecule has 27 heavy (non-hydrogen) atoms. The van der Waals surface area contributed by atoms with Gasteiger partial charge in [-0.25, -0.2) is 4.98 Å². The fourth-order valence-electron chi connectivity index (χ4n) is 2.84. The standard InChI is InChI=1S/C21H15N3O2S/c1-26-17-8-6-16(7-9-17)19-10-18-20(27-19)21(25)24(13-23-18)12-15-4-2-14(11-22)3-5-15/h2-10,13H,12H2,1H3. The Labute approximate surface area is 159 Å². The van der Waals surface area contributed by atoms with Crippen LogP contribution < -0.4 is 10.3 Å². The van der Waals surface area contributed by atoms with E-state index < -0.39 is 0 Å². The average molecular weight is 373 g/mol. The summed E-state index contributed by atoms with van der Waals surface area (Å²) in [5.41, 5.74) is 3.21. The van der Waals surface area contributed by atoms with E-state index in [1.807, 2.05) is 42.5 Å². The van der Waals surface area contributed by atoms with E-state index in [2.05, 4.69) is 11.1 Å². The Hall–Kier alpha value is -3.43. The number of hydrogen-bond donors (Lipinski definition) is 0. The van der Waals surface area contributed by atoms with Gasteiger partial charge < -0.3 is 4.74 Å². The zero-order chi connectivity index (χ0) is 18.8. The molecule has 0 unspecified atom stereocenters. The van der Waals surface area contributed by atoms with Crippen molar-refractivity contribution in [3.63, 3.8) is 0 Å². The van der Waals surface area contributed by atoms with Crippen molar-refractivity contribution in [1.29, 1.82) is 5.26 Å². The van der Waals surface area contributed by atoms with Crippen LogP contribution in [0.3, 0.4) is 0 Å². The maximum absolute atomic E-state index is 12.9. The van der Waals surface area contributed by atoms with Gasteiger partial charge in [0.2, 0.25) is 0 Å². The first-order valence-corrected chi connectivity index (χ1v) is 9.12. The number of aromatic nitrogens is 2. The molecule has 2 heterocycles. The van der Waals surface area contributed by atoms with Crippen LogP contribution in [0.15, 0.2) is 65.7 Å². The Morgan fingerprint density at radius 1 is 1.15 bits per heavy atom. The SMILES string of the molecule is COc1ccc(-c2cc3ncn(Cc4ccc(C#N)cc4)c(=O)c3s2)cc1. The van der Waals surface area contributed by atoms with Gasteiger partial charge in [-0.2, -0.15) is 5.26 Å². The van der Waals surface area contributed by atoms with Gasteiger partial charge in [0.25, 0.3) is 5.56 Å². The highest BCUT2D eigenvalue weighted by atomic mass is 32.1. The fourth-order valence-corrected chi connectivity index (χ4v) is 3.90. The molecule has 4 aromatic rings. The summed E-state index contributed by atoms with van der Waals surface area (Å²) < 4.78 is 7.42. The van der Waals surface area contributed by atoms with Gasteiger partial charge in [0.15, 0.2) is 0 Å². The lowest BCUT2D eigenvalue weighted by Gasteiger charge is -2.05. The molecule has 0 spiro atoms. The first-order valence-electron chi connectivity index (χ1n) is 8.30. The molecule has 2 aromatic carbocycles. The molecule has 0 aliphatic rings. The highest BCUT2D eigenvalue weighted by Crippen LogP contribution is 2.31. The molecule has 0 aliphatic carbocycles. The second kappa shape index (κ2) is 7.06. The summed E-state index contributed by atoms with van der Waals surface area (Å²) in [6.45, 7) is 0.420. The Morgan fingerprint density at radius 3 is 2.56 bits per heavy atom. The van der Waals surface area contributed by atoms with E-state index in [0.29, 0.717) is 22.3 Å². The third-order valence-electron chi connectivity index (χ3n) is 4.31. The Kier molecular flexibility index (Phi) is 4.45. The molecule has 0 atom stereocenters. The first kappa shape index (κ1) is 17.0. The van der Waals surface area contributed by atoms with Crippen molar-refractivity contribution in [2.45, 2.75) is 6.54 Å². The second-order valence-corrected chi connectivity index (χ2v) is 7.09. The summed E-state index contributed by atoms with van der Waals surface area (Å²) in [6.07, 6.45) is 1.58. The van der Waals surface area contributed by atoms with Gasteiger partial charge in [-0.3, -0.25) is 9.36 Å². The highest BCUT2D eigenvalue weighted by molar-refractivity contribution is 7.22. The van der Waals surface area contributed by atoms with Crippen LogP contribution >= 0.6 is 11.3 Å². The van der Waals surface area contributed by atoms with Crippen molar-refractivity contribution in [1.82, 2.24) is 9.55 Å². The van der Waals surface area contributed by atoms with E-state index in [4.69, 9.17) is 10.00 Å². The summed E-state index contributed by atoms with van der Waals surface area (Å²) >= 11 is 1.44. The number of ether oxygens (including phenoxy) is 1. The number of hydrogen-bond acceptors (Lipinski definition) is 5. The van der Waals surface area contributed by atoms with Gasteiger partial charge in [0.1, 0.15) is 10.4 Å². The van der Waals surface area contributed by atoms with Crippen molar-refractivity contribution < 1.29 is 4.74 Å². The minimum absolute atomic E-state index is 0.0610. The molecule has 0 saturated carbocycles. The molecule has 0 fully saturated rings.